The van der Waals surface area contributed by atoms with E-state index in [0.29, 0.717) is 0 Å². The van der Waals surface area contributed by atoms with Crippen LogP contribution in [-0.4, -0.2) is 35.0 Å². The Morgan fingerprint density at radius 3 is 2.79 bits per heavy atom. The summed E-state index contributed by atoms with van der Waals surface area (Å²) in [6.07, 6.45) is 0.195. The summed E-state index contributed by atoms with van der Waals surface area (Å²) in [4.78, 5) is 44.6. The minimum Gasteiger partial charge on any atom is -0.451 e. The number of nitrogens with zero attached hydrogens (tertiary/aromatic N) is 2. The van der Waals surface area contributed by atoms with Crippen molar-refractivity contribution in [1.29, 1.82) is 0 Å². The van der Waals surface area contributed by atoms with Crippen LogP contribution in [0.25, 0.3) is 0 Å². The van der Waals surface area contributed by atoms with Crippen molar-refractivity contribution in [2.75, 3.05) is 11.9 Å². The third-order valence-corrected chi connectivity index (χ3v) is 3.14. The van der Waals surface area contributed by atoms with E-state index in [0.717, 1.165) is 6.07 Å². The monoisotopic (exact) mass is 354 g/mol. The van der Waals surface area contributed by atoms with Crippen molar-refractivity contribution >= 4 is 46.5 Å². The maximum Gasteiger partial charge on any atom is 0.355 e. The predicted octanol–water partition coefficient (Wildman–Crippen LogP) is 0.996. The molecule has 0 saturated carbocycles. The lowest BCUT2D eigenvalue weighted by molar-refractivity contribution is -0.383. The van der Waals surface area contributed by atoms with Gasteiger partial charge in [-0.2, -0.15) is 5.10 Å². The molecule has 1 aromatic rings. The van der Waals surface area contributed by atoms with Crippen molar-refractivity contribution in [2.45, 2.75) is 12.8 Å². The average Bonchev–Trinajstić information content (AvgIpc) is 2.53. The number of nitrogens with one attached hydrogen (secondary N) is 2. The summed E-state index contributed by atoms with van der Waals surface area (Å²) in [5.41, 5.74) is 1.64. The van der Waals surface area contributed by atoms with E-state index in [-0.39, 0.29) is 40.9 Å². The van der Waals surface area contributed by atoms with E-state index in [9.17, 15) is 24.5 Å². The highest BCUT2D eigenvalue weighted by Gasteiger charge is 2.21. The van der Waals surface area contributed by atoms with Crippen LogP contribution in [0, 0.1) is 10.1 Å². The molecule has 1 aliphatic rings. The first kappa shape index (κ1) is 17.3. The Morgan fingerprint density at radius 2 is 2.17 bits per heavy atom. The highest BCUT2D eigenvalue weighted by Crippen LogP contribution is 2.27. The van der Waals surface area contributed by atoms with Crippen molar-refractivity contribution in [3.8, 4) is 0 Å². The van der Waals surface area contributed by atoms with Crippen LogP contribution in [0.4, 0.5) is 11.4 Å². The Labute approximate surface area is 139 Å². The van der Waals surface area contributed by atoms with Crippen LogP contribution in [0.3, 0.4) is 0 Å². The van der Waals surface area contributed by atoms with Gasteiger partial charge in [-0.25, -0.2) is 10.2 Å². The zero-order valence-corrected chi connectivity index (χ0v) is 12.8. The number of halogens is 1. The second-order valence-electron chi connectivity index (χ2n) is 4.64. The number of nitro benzene ring substituents is 1. The number of rotatable bonds is 5. The maximum absolute atomic E-state index is 11.8. The molecule has 126 valence electrons. The minimum atomic E-state index is -0.856. The molecule has 0 atom stereocenters. The molecular weight excluding hydrogens is 344 g/mol. The lowest BCUT2D eigenvalue weighted by atomic mass is 10.2. The van der Waals surface area contributed by atoms with Gasteiger partial charge in [-0.3, -0.25) is 19.7 Å². The van der Waals surface area contributed by atoms with E-state index in [1.165, 1.54) is 12.1 Å². The van der Waals surface area contributed by atoms with Crippen LogP contribution in [0.1, 0.15) is 12.8 Å². The molecular formula is C13H11ClN4O6. The van der Waals surface area contributed by atoms with Gasteiger partial charge in [-0.05, 0) is 12.1 Å². The van der Waals surface area contributed by atoms with E-state index in [4.69, 9.17) is 16.3 Å². The Hall–Kier alpha value is -3.01. The molecule has 0 radical (unpaired) electrons. The Kier molecular flexibility index (Phi) is 5.42. The van der Waals surface area contributed by atoms with Crippen molar-refractivity contribution in [3.63, 3.8) is 0 Å². The smallest absolute Gasteiger partial charge is 0.355 e. The van der Waals surface area contributed by atoms with Crippen molar-refractivity contribution < 1.29 is 24.0 Å². The van der Waals surface area contributed by atoms with E-state index in [1.807, 2.05) is 0 Å². The van der Waals surface area contributed by atoms with Gasteiger partial charge >= 0.3 is 5.97 Å². The number of anilines is 1. The highest BCUT2D eigenvalue weighted by atomic mass is 35.5. The summed E-state index contributed by atoms with van der Waals surface area (Å²) in [6.45, 7) is -0.671. The van der Waals surface area contributed by atoms with Gasteiger partial charge < -0.3 is 10.1 Å². The quantitative estimate of drug-likeness (QED) is 0.459. The largest absolute Gasteiger partial charge is 0.451 e. The molecule has 0 aliphatic carbocycles. The fraction of sp³-hybridized carbons (Fsp3) is 0.231. The van der Waals surface area contributed by atoms with Gasteiger partial charge in [0.05, 0.1) is 4.92 Å². The average molecular weight is 355 g/mol. The first-order valence-corrected chi connectivity index (χ1v) is 7.01. The molecule has 2 rings (SSSR count). The number of carbonyl (C=O) groups is 3. The first-order chi connectivity index (χ1) is 11.4. The number of esters is 1. The minimum absolute atomic E-state index is 0.0175. The summed E-state index contributed by atoms with van der Waals surface area (Å²) >= 11 is 5.74. The number of benzene rings is 1. The molecule has 0 unspecified atom stereocenters. The molecule has 1 aliphatic heterocycles. The van der Waals surface area contributed by atoms with Crippen molar-refractivity contribution in [1.82, 2.24) is 5.43 Å². The molecule has 24 heavy (non-hydrogen) atoms. The molecule has 1 aromatic carbocycles. The second-order valence-corrected chi connectivity index (χ2v) is 5.07. The summed E-state index contributed by atoms with van der Waals surface area (Å²) in [7, 11) is 0. The molecule has 2 amide bonds. The molecule has 0 spiro atoms. The van der Waals surface area contributed by atoms with Crippen molar-refractivity contribution in [2.24, 2.45) is 5.10 Å². The van der Waals surface area contributed by atoms with Gasteiger partial charge in [0.2, 0.25) is 5.91 Å². The van der Waals surface area contributed by atoms with Gasteiger partial charge in [0.15, 0.2) is 6.61 Å². The molecule has 2 N–H and O–H groups in total. The summed E-state index contributed by atoms with van der Waals surface area (Å²) in [6, 6.07) is 3.66. The van der Waals surface area contributed by atoms with E-state index in [1.54, 1.807) is 0 Å². The normalized spacial score (nSPS) is 13.5. The van der Waals surface area contributed by atoms with Crippen molar-refractivity contribution in [3.05, 3.63) is 33.3 Å². The molecule has 0 saturated heterocycles. The molecule has 0 fully saturated rings. The van der Waals surface area contributed by atoms with Gasteiger partial charge in [0, 0.05) is 23.9 Å². The number of ether oxygens (including phenoxy) is 1. The van der Waals surface area contributed by atoms with Gasteiger partial charge in [0.25, 0.3) is 11.6 Å². The number of carbonyl (C=O) groups excluding carboxylic acids is 3. The van der Waals surface area contributed by atoms with Gasteiger partial charge in [-0.15, -0.1) is 0 Å². The molecule has 1 heterocycles. The lowest BCUT2D eigenvalue weighted by Gasteiger charge is -2.11. The van der Waals surface area contributed by atoms with E-state index >= 15 is 0 Å². The van der Waals surface area contributed by atoms with Crippen LogP contribution >= 0.6 is 11.6 Å². The Balaban J connectivity index is 1.94. The second kappa shape index (κ2) is 7.51. The van der Waals surface area contributed by atoms with E-state index in [2.05, 4.69) is 15.8 Å². The standard InChI is InChI=1S/C13H11ClN4O6/c14-7-1-3-10(18(22)23)9(5-7)15-12(20)6-24-13(21)8-2-4-11(19)17-16-8/h1,3,5H,2,4,6H2,(H,15,20)(H,17,19). The number of nitro groups is 1. The first-order valence-electron chi connectivity index (χ1n) is 6.63. The van der Waals surface area contributed by atoms with Crippen LogP contribution < -0.4 is 10.7 Å². The topological polar surface area (TPSA) is 140 Å². The lowest BCUT2D eigenvalue weighted by Crippen LogP contribution is -2.32. The van der Waals surface area contributed by atoms with Crippen LogP contribution in [0.5, 0.6) is 0 Å². The zero-order valence-electron chi connectivity index (χ0n) is 12.1. The number of hydrogen-bond donors (Lipinski definition) is 2. The molecule has 11 heteroatoms. The number of amides is 2. The SMILES string of the molecule is O=C1CCC(C(=O)OCC(=O)Nc2cc(Cl)ccc2[N+](=O)[O-])=NN1. The third-order valence-electron chi connectivity index (χ3n) is 2.90. The predicted molar refractivity (Wildman–Crippen MR) is 82.5 cm³/mol. The van der Waals surface area contributed by atoms with Crippen LogP contribution in [0.15, 0.2) is 23.3 Å². The van der Waals surface area contributed by atoms with Gasteiger partial charge in [0.1, 0.15) is 11.4 Å². The van der Waals surface area contributed by atoms with Gasteiger partial charge in [-0.1, -0.05) is 11.6 Å². The molecule has 10 nitrogen and oxygen atoms in total. The highest BCUT2D eigenvalue weighted by molar-refractivity contribution is 6.37. The van der Waals surface area contributed by atoms with E-state index < -0.39 is 23.4 Å². The molecule has 0 bridgehead atoms. The Morgan fingerprint density at radius 1 is 1.42 bits per heavy atom. The number of hydrazone groups is 1. The van der Waals surface area contributed by atoms with Crippen LogP contribution in [0.2, 0.25) is 5.02 Å². The fourth-order valence-corrected chi connectivity index (χ4v) is 1.96. The number of hydrogen-bond acceptors (Lipinski definition) is 7. The zero-order chi connectivity index (χ0) is 17.7. The maximum atomic E-state index is 11.8. The summed E-state index contributed by atoms with van der Waals surface area (Å²) in [5.74, 6) is -1.96. The molecule has 0 aromatic heterocycles. The Bertz CT molecular complexity index is 748. The fourth-order valence-electron chi connectivity index (χ4n) is 1.79. The third kappa shape index (κ3) is 4.49. The van der Waals surface area contributed by atoms with Crippen LogP contribution in [-0.2, 0) is 19.1 Å². The summed E-state index contributed by atoms with van der Waals surface area (Å²) in [5, 5.41) is 16.9. The summed E-state index contributed by atoms with van der Waals surface area (Å²) < 4.78 is 4.75.